The van der Waals surface area contributed by atoms with Crippen molar-refractivity contribution in [2.24, 2.45) is 0 Å². The molecular formula is C33H44N4O6. The van der Waals surface area contributed by atoms with E-state index in [4.69, 9.17) is 14.2 Å². The Morgan fingerprint density at radius 3 is 2.35 bits per heavy atom. The summed E-state index contributed by atoms with van der Waals surface area (Å²) in [6, 6.07) is 13.2. The fourth-order valence-electron chi connectivity index (χ4n) is 6.31. The van der Waals surface area contributed by atoms with Crippen LogP contribution in [0.2, 0.25) is 0 Å². The van der Waals surface area contributed by atoms with E-state index < -0.39 is 0 Å². The summed E-state index contributed by atoms with van der Waals surface area (Å²) in [7, 11) is 1.56. The molecule has 0 spiro atoms. The number of ether oxygens (including phenoxy) is 3. The topological polar surface area (TPSA) is 91.9 Å². The van der Waals surface area contributed by atoms with Gasteiger partial charge in [-0.05, 0) is 44.1 Å². The molecule has 3 heterocycles. The third kappa shape index (κ3) is 7.06. The number of methoxy groups -OCH3 is 1. The minimum Gasteiger partial charge on any atom is -0.496 e. The zero-order valence-electron chi connectivity index (χ0n) is 25.6. The monoisotopic (exact) mass is 592 g/mol. The van der Waals surface area contributed by atoms with E-state index in [1.54, 1.807) is 24.1 Å². The molecule has 0 radical (unpaired) electrons. The molecule has 0 unspecified atom stereocenters. The van der Waals surface area contributed by atoms with Crippen LogP contribution in [0, 0.1) is 0 Å². The van der Waals surface area contributed by atoms with E-state index in [9.17, 15) is 14.4 Å². The molecule has 0 bridgehead atoms. The summed E-state index contributed by atoms with van der Waals surface area (Å²) in [4.78, 5) is 46.6. The molecule has 3 aliphatic rings. The van der Waals surface area contributed by atoms with Crippen molar-refractivity contribution in [2.75, 3.05) is 57.8 Å². The molecule has 10 heteroatoms. The predicted molar refractivity (Wildman–Crippen MR) is 164 cm³/mol. The molecule has 2 aromatic rings. The molecular weight excluding hydrogens is 548 g/mol. The zero-order valence-corrected chi connectivity index (χ0v) is 25.6. The van der Waals surface area contributed by atoms with Gasteiger partial charge in [-0.25, -0.2) is 4.79 Å². The molecule has 0 saturated carbocycles. The maximum absolute atomic E-state index is 13.5. The Bertz CT molecular complexity index is 1280. The number of carbonyl (C=O) groups excluding carboxylic acids is 3. The van der Waals surface area contributed by atoms with Crippen LogP contribution in [0.4, 0.5) is 10.5 Å². The highest BCUT2D eigenvalue weighted by atomic mass is 16.6. The van der Waals surface area contributed by atoms with Gasteiger partial charge in [0.25, 0.3) is 5.91 Å². The molecule has 232 valence electrons. The molecule has 3 aliphatic heterocycles. The summed E-state index contributed by atoms with van der Waals surface area (Å²) in [5.41, 5.74) is 2.38. The van der Waals surface area contributed by atoms with Crippen molar-refractivity contribution in [1.82, 2.24) is 14.7 Å². The van der Waals surface area contributed by atoms with Gasteiger partial charge in [-0.15, -0.1) is 0 Å². The average molecular weight is 593 g/mol. The van der Waals surface area contributed by atoms with Gasteiger partial charge in [0.05, 0.1) is 18.4 Å². The van der Waals surface area contributed by atoms with Crippen LogP contribution in [0.3, 0.4) is 0 Å². The standard InChI is InChI=1S/C33H44N4O6/c1-4-34(5-2)17-16-31(38)35-20-14-26(15-21-35)43-27-10-11-28(30(22-27)41-3)32(39)36-18-12-25(13-19-36)37-29-9-7-6-8-24(29)23-42-33(37)40/h6-11,22,25-26H,4-5,12-21,23H2,1-3H3. The van der Waals surface area contributed by atoms with E-state index >= 15 is 0 Å². The summed E-state index contributed by atoms with van der Waals surface area (Å²) < 4.78 is 17.3. The van der Waals surface area contributed by atoms with Crippen LogP contribution >= 0.6 is 0 Å². The molecule has 43 heavy (non-hydrogen) atoms. The van der Waals surface area contributed by atoms with Gasteiger partial charge in [0.15, 0.2) is 0 Å². The number of carbonyl (C=O) groups is 3. The lowest BCUT2D eigenvalue weighted by Gasteiger charge is -2.40. The molecule has 10 nitrogen and oxygen atoms in total. The van der Waals surface area contributed by atoms with E-state index in [2.05, 4.69) is 18.7 Å². The first-order valence-electron chi connectivity index (χ1n) is 15.6. The molecule has 2 aromatic carbocycles. The first-order valence-corrected chi connectivity index (χ1v) is 15.6. The molecule has 0 N–H and O–H groups in total. The Morgan fingerprint density at radius 2 is 1.65 bits per heavy atom. The van der Waals surface area contributed by atoms with Crippen LogP contribution < -0.4 is 14.4 Å². The minimum absolute atomic E-state index is 0.00345. The highest BCUT2D eigenvalue weighted by Crippen LogP contribution is 2.33. The van der Waals surface area contributed by atoms with Crippen LogP contribution in [-0.2, 0) is 16.1 Å². The molecule has 0 atom stereocenters. The lowest BCUT2D eigenvalue weighted by atomic mass is 10.00. The van der Waals surface area contributed by atoms with Crippen molar-refractivity contribution < 1.29 is 28.6 Å². The van der Waals surface area contributed by atoms with Gasteiger partial charge in [0, 0.05) is 69.7 Å². The Balaban J connectivity index is 1.13. The predicted octanol–water partition coefficient (Wildman–Crippen LogP) is 4.56. The Hall–Kier alpha value is -3.79. The van der Waals surface area contributed by atoms with E-state index in [0.29, 0.717) is 69.1 Å². The number of rotatable bonds is 10. The summed E-state index contributed by atoms with van der Waals surface area (Å²) in [6.45, 7) is 9.67. The summed E-state index contributed by atoms with van der Waals surface area (Å²) >= 11 is 0. The Kier molecular flexibility index (Phi) is 10.1. The fraction of sp³-hybridized carbons (Fsp3) is 0.545. The number of piperidine rings is 2. The van der Waals surface area contributed by atoms with Gasteiger partial charge in [-0.2, -0.15) is 0 Å². The van der Waals surface area contributed by atoms with Crippen LogP contribution in [0.25, 0.3) is 0 Å². The SMILES string of the molecule is CCN(CC)CCC(=O)N1CCC(Oc2ccc(C(=O)N3CCC(N4C(=O)OCc5ccccc54)CC3)c(OC)c2)CC1. The number of anilines is 1. The van der Waals surface area contributed by atoms with Gasteiger partial charge in [0.1, 0.15) is 24.2 Å². The van der Waals surface area contributed by atoms with Crippen molar-refractivity contribution in [1.29, 1.82) is 0 Å². The smallest absolute Gasteiger partial charge is 0.414 e. The number of amides is 3. The van der Waals surface area contributed by atoms with Crippen molar-refractivity contribution in [2.45, 2.75) is 64.7 Å². The first-order chi connectivity index (χ1) is 20.9. The number of hydrogen-bond acceptors (Lipinski definition) is 7. The highest BCUT2D eigenvalue weighted by molar-refractivity contribution is 5.97. The van der Waals surface area contributed by atoms with Gasteiger partial charge in [-0.1, -0.05) is 32.0 Å². The summed E-state index contributed by atoms with van der Waals surface area (Å²) in [5.74, 6) is 1.24. The lowest BCUT2D eigenvalue weighted by Crippen LogP contribution is -2.50. The summed E-state index contributed by atoms with van der Waals surface area (Å²) in [5, 5.41) is 0. The quantitative estimate of drug-likeness (QED) is 0.400. The van der Waals surface area contributed by atoms with Crippen molar-refractivity contribution in [3.05, 3.63) is 53.6 Å². The minimum atomic E-state index is -0.326. The van der Waals surface area contributed by atoms with E-state index in [0.717, 1.165) is 43.7 Å². The lowest BCUT2D eigenvalue weighted by molar-refractivity contribution is -0.133. The van der Waals surface area contributed by atoms with Gasteiger partial charge < -0.3 is 28.9 Å². The fourth-order valence-corrected chi connectivity index (χ4v) is 6.31. The number of nitrogens with zero attached hydrogens (tertiary/aromatic N) is 4. The normalized spacial score (nSPS) is 18.0. The van der Waals surface area contributed by atoms with Crippen molar-refractivity contribution >= 4 is 23.6 Å². The molecule has 2 saturated heterocycles. The van der Waals surface area contributed by atoms with Crippen molar-refractivity contribution in [3.8, 4) is 11.5 Å². The van der Waals surface area contributed by atoms with Gasteiger partial charge in [0.2, 0.25) is 5.91 Å². The van der Waals surface area contributed by atoms with Crippen LogP contribution in [0.15, 0.2) is 42.5 Å². The van der Waals surface area contributed by atoms with Crippen molar-refractivity contribution in [3.63, 3.8) is 0 Å². The third-order valence-electron chi connectivity index (χ3n) is 8.95. The number of fused-ring (bicyclic) bond motifs is 1. The molecule has 0 aliphatic carbocycles. The average Bonchev–Trinajstić information content (AvgIpc) is 3.05. The molecule has 3 amide bonds. The summed E-state index contributed by atoms with van der Waals surface area (Å²) in [6.07, 6.45) is 3.09. The Morgan fingerprint density at radius 1 is 0.953 bits per heavy atom. The second-order valence-corrected chi connectivity index (χ2v) is 11.4. The van der Waals surface area contributed by atoms with Crippen LogP contribution in [0.5, 0.6) is 11.5 Å². The van der Waals surface area contributed by atoms with Crippen LogP contribution in [0.1, 0.15) is 61.9 Å². The zero-order chi connectivity index (χ0) is 30.3. The van der Waals surface area contributed by atoms with Gasteiger partial charge in [-0.3, -0.25) is 14.5 Å². The molecule has 5 rings (SSSR count). The molecule has 0 aromatic heterocycles. The van der Waals surface area contributed by atoms with E-state index in [1.807, 2.05) is 40.1 Å². The largest absolute Gasteiger partial charge is 0.496 e. The number of hydrogen-bond donors (Lipinski definition) is 0. The molecule has 2 fully saturated rings. The third-order valence-corrected chi connectivity index (χ3v) is 8.95. The number of likely N-dealkylation sites (tertiary alicyclic amines) is 2. The van der Waals surface area contributed by atoms with E-state index in [-0.39, 0.29) is 30.1 Å². The highest BCUT2D eigenvalue weighted by Gasteiger charge is 2.35. The number of cyclic esters (lactones) is 1. The number of benzene rings is 2. The number of para-hydroxylation sites is 1. The van der Waals surface area contributed by atoms with E-state index in [1.165, 1.54) is 0 Å². The maximum atomic E-state index is 13.5. The maximum Gasteiger partial charge on any atom is 0.414 e. The second kappa shape index (κ2) is 14.1. The second-order valence-electron chi connectivity index (χ2n) is 11.4. The first kappa shape index (κ1) is 30.7. The Labute approximate surface area is 254 Å². The van der Waals surface area contributed by atoms with Crippen LogP contribution in [-0.4, -0.2) is 97.7 Å². The van der Waals surface area contributed by atoms with Gasteiger partial charge >= 0.3 is 6.09 Å².